The van der Waals surface area contributed by atoms with E-state index < -0.39 is 5.97 Å². The highest BCUT2D eigenvalue weighted by molar-refractivity contribution is 5.97. The van der Waals surface area contributed by atoms with Gasteiger partial charge in [-0.3, -0.25) is 0 Å². The van der Waals surface area contributed by atoms with Crippen LogP contribution >= 0.6 is 0 Å². The molecule has 0 aliphatic heterocycles. The van der Waals surface area contributed by atoms with Crippen molar-refractivity contribution in [3.8, 4) is 17.6 Å². The van der Waals surface area contributed by atoms with E-state index in [9.17, 15) is 10.1 Å². The lowest BCUT2D eigenvalue weighted by atomic mass is 10.1. The molecule has 0 aliphatic rings. The molecule has 0 aromatic heterocycles. The number of hydrogen-bond donors (Lipinski definition) is 0. The minimum atomic E-state index is -0.672. The molecule has 0 aliphatic carbocycles. The van der Waals surface area contributed by atoms with Gasteiger partial charge in [-0.05, 0) is 49.2 Å². The number of benzene rings is 2. The normalized spacial score (nSPS) is 10.7. The minimum absolute atomic E-state index is 0.0648. The molecule has 0 heterocycles. The third-order valence-corrected chi connectivity index (χ3v) is 3.51. The molecule has 26 heavy (non-hydrogen) atoms. The van der Waals surface area contributed by atoms with Crippen molar-refractivity contribution in [1.29, 1.82) is 5.26 Å². The van der Waals surface area contributed by atoms with Crippen molar-refractivity contribution < 1.29 is 19.0 Å². The number of ether oxygens (including phenoxy) is 3. The smallest absolute Gasteiger partial charge is 0.349 e. The van der Waals surface area contributed by atoms with Gasteiger partial charge in [0.2, 0.25) is 0 Å². The van der Waals surface area contributed by atoms with E-state index in [0.29, 0.717) is 6.61 Å². The van der Waals surface area contributed by atoms with Crippen molar-refractivity contribution in [3.05, 3.63) is 65.2 Å². The molecule has 5 heteroatoms. The number of hydrogen-bond acceptors (Lipinski definition) is 5. The zero-order valence-electron chi connectivity index (χ0n) is 14.9. The summed E-state index contributed by atoms with van der Waals surface area (Å²) < 4.78 is 16.0. The summed E-state index contributed by atoms with van der Waals surface area (Å²) in [5.74, 6) is 0.808. The largest absolute Gasteiger partial charge is 0.494 e. The Kier molecular flexibility index (Phi) is 7.26. The van der Waals surface area contributed by atoms with E-state index in [-0.39, 0.29) is 18.8 Å². The first-order chi connectivity index (χ1) is 12.6. The fourth-order valence-electron chi connectivity index (χ4n) is 2.21. The molecule has 0 N–H and O–H groups in total. The van der Waals surface area contributed by atoms with Crippen LogP contribution in [0.2, 0.25) is 0 Å². The summed E-state index contributed by atoms with van der Waals surface area (Å²) in [5.41, 5.74) is 1.66. The first-order valence-electron chi connectivity index (χ1n) is 8.34. The molecule has 0 radical (unpaired) electrons. The third kappa shape index (κ3) is 5.67. The van der Waals surface area contributed by atoms with Gasteiger partial charge in [-0.2, -0.15) is 5.26 Å². The average Bonchev–Trinajstić information content (AvgIpc) is 2.66. The zero-order valence-corrected chi connectivity index (χ0v) is 14.9. The Balaban J connectivity index is 1.88. The van der Waals surface area contributed by atoms with Crippen molar-refractivity contribution >= 4 is 12.0 Å². The number of rotatable bonds is 8. The standard InChI is InChI=1S/C21H21NO4/c1-3-24-19-10-8-17(9-11-19)14-18(15-22)21(23)26-13-12-25-20-7-5-4-6-16(20)2/h4-11,14H,3,12-13H2,1-2H3/b18-14+. The second kappa shape index (κ2) is 9.90. The Morgan fingerprint density at radius 1 is 1.08 bits per heavy atom. The van der Waals surface area contributed by atoms with Crippen molar-refractivity contribution in [3.63, 3.8) is 0 Å². The summed E-state index contributed by atoms with van der Waals surface area (Å²) in [7, 11) is 0. The highest BCUT2D eigenvalue weighted by Crippen LogP contribution is 2.16. The number of esters is 1. The van der Waals surface area contributed by atoms with Crippen molar-refractivity contribution in [1.82, 2.24) is 0 Å². The maximum Gasteiger partial charge on any atom is 0.349 e. The van der Waals surface area contributed by atoms with E-state index in [2.05, 4.69) is 0 Å². The van der Waals surface area contributed by atoms with E-state index in [1.165, 1.54) is 6.08 Å². The Morgan fingerprint density at radius 2 is 1.81 bits per heavy atom. The fraction of sp³-hybridized carbons (Fsp3) is 0.238. The summed E-state index contributed by atoms with van der Waals surface area (Å²) >= 11 is 0. The summed E-state index contributed by atoms with van der Waals surface area (Å²) in [6.07, 6.45) is 1.49. The van der Waals surface area contributed by atoms with Crippen LogP contribution < -0.4 is 9.47 Å². The van der Waals surface area contributed by atoms with Gasteiger partial charge in [0.1, 0.15) is 36.4 Å². The van der Waals surface area contributed by atoms with Gasteiger partial charge in [0, 0.05) is 0 Å². The van der Waals surface area contributed by atoms with E-state index in [4.69, 9.17) is 14.2 Å². The molecule has 0 saturated carbocycles. The Morgan fingerprint density at radius 3 is 2.46 bits per heavy atom. The van der Waals surface area contributed by atoms with Gasteiger partial charge in [-0.25, -0.2) is 4.79 Å². The predicted molar refractivity (Wildman–Crippen MR) is 98.8 cm³/mol. The second-order valence-electron chi connectivity index (χ2n) is 5.42. The van der Waals surface area contributed by atoms with Crippen molar-refractivity contribution in [2.24, 2.45) is 0 Å². The van der Waals surface area contributed by atoms with Gasteiger partial charge in [-0.15, -0.1) is 0 Å². The number of para-hydroxylation sites is 1. The Hall–Kier alpha value is -3.26. The molecule has 2 rings (SSSR count). The minimum Gasteiger partial charge on any atom is -0.494 e. The molecule has 0 unspecified atom stereocenters. The van der Waals surface area contributed by atoms with Crippen molar-refractivity contribution in [2.75, 3.05) is 19.8 Å². The van der Waals surface area contributed by atoms with Gasteiger partial charge in [0.25, 0.3) is 0 Å². The molecule has 0 amide bonds. The quantitative estimate of drug-likeness (QED) is 0.312. The number of nitrogens with zero attached hydrogens (tertiary/aromatic N) is 1. The molecule has 0 saturated heterocycles. The summed E-state index contributed by atoms with van der Waals surface area (Å²) in [6.45, 7) is 4.71. The topological polar surface area (TPSA) is 68.5 Å². The van der Waals surface area contributed by atoms with Crippen LogP contribution in [-0.4, -0.2) is 25.8 Å². The molecule has 2 aromatic carbocycles. The molecular formula is C21H21NO4. The number of nitriles is 1. The number of carbonyl (C=O) groups is 1. The lowest BCUT2D eigenvalue weighted by Crippen LogP contribution is -2.13. The lowest BCUT2D eigenvalue weighted by molar-refractivity contribution is -0.139. The number of aryl methyl sites for hydroxylation is 1. The second-order valence-corrected chi connectivity index (χ2v) is 5.42. The molecule has 0 fully saturated rings. The van der Waals surface area contributed by atoms with E-state index in [1.54, 1.807) is 24.3 Å². The van der Waals surface area contributed by atoms with Crippen LogP contribution in [0.3, 0.4) is 0 Å². The van der Waals surface area contributed by atoms with Crippen LogP contribution in [0.25, 0.3) is 6.08 Å². The van der Waals surface area contributed by atoms with E-state index in [0.717, 1.165) is 22.6 Å². The fourth-order valence-corrected chi connectivity index (χ4v) is 2.21. The molecule has 134 valence electrons. The average molecular weight is 351 g/mol. The highest BCUT2D eigenvalue weighted by atomic mass is 16.6. The van der Waals surface area contributed by atoms with E-state index >= 15 is 0 Å². The Bertz CT molecular complexity index is 804. The summed E-state index contributed by atoms with van der Waals surface area (Å²) in [4.78, 5) is 12.0. The van der Waals surface area contributed by atoms with Crippen LogP contribution in [0.1, 0.15) is 18.1 Å². The van der Waals surface area contributed by atoms with E-state index in [1.807, 2.05) is 44.2 Å². The maximum atomic E-state index is 12.0. The van der Waals surface area contributed by atoms with Gasteiger partial charge in [-0.1, -0.05) is 30.3 Å². The summed E-state index contributed by atoms with van der Waals surface area (Å²) in [5, 5.41) is 9.19. The molecule has 5 nitrogen and oxygen atoms in total. The first kappa shape index (κ1) is 19.1. The van der Waals surface area contributed by atoms with Crippen LogP contribution in [0.15, 0.2) is 54.1 Å². The highest BCUT2D eigenvalue weighted by Gasteiger charge is 2.11. The first-order valence-corrected chi connectivity index (χ1v) is 8.34. The van der Waals surface area contributed by atoms with Crippen LogP contribution in [0.5, 0.6) is 11.5 Å². The van der Waals surface area contributed by atoms with Crippen LogP contribution in [0, 0.1) is 18.3 Å². The number of carbonyl (C=O) groups excluding carboxylic acids is 1. The molecule has 0 bridgehead atoms. The SMILES string of the molecule is CCOc1ccc(/C=C(\C#N)C(=O)OCCOc2ccccc2C)cc1. The zero-order chi connectivity index (χ0) is 18.8. The van der Waals surface area contributed by atoms with Crippen molar-refractivity contribution in [2.45, 2.75) is 13.8 Å². The predicted octanol–water partition coefficient (Wildman–Crippen LogP) is 3.92. The van der Waals surface area contributed by atoms with Gasteiger partial charge < -0.3 is 14.2 Å². The van der Waals surface area contributed by atoms with Gasteiger partial charge in [0.15, 0.2) is 0 Å². The van der Waals surface area contributed by atoms with Gasteiger partial charge >= 0.3 is 5.97 Å². The Labute approximate surface area is 153 Å². The monoisotopic (exact) mass is 351 g/mol. The summed E-state index contributed by atoms with van der Waals surface area (Å²) in [6, 6.07) is 16.6. The molecular weight excluding hydrogens is 330 g/mol. The lowest BCUT2D eigenvalue weighted by Gasteiger charge is -2.09. The van der Waals surface area contributed by atoms with Crippen LogP contribution in [0.4, 0.5) is 0 Å². The van der Waals surface area contributed by atoms with Crippen LogP contribution in [-0.2, 0) is 9.53 Å². The molecule has 0 atom stereocenters. The third-order valence-electron chi connectivity index (χ3n) is 3.51. The molecule has 2 aromatic rings. The maximum absolute atomic E-state index is 12.0. The van der Waals surface area contributed by atoms with Gasteiger partial charge in [0.05, 0.1) is 6.61 Å². The molecule has 0 spiro atoms.